The molecule has 1 amide bonds. The van der Waals surface area contributed by atoms with Gasteiger partial charge in [0.1, 0.15) is 11.2 Å². The van der Waals surface area contributed by atoms with Crippen LogP contribution in [0, 0.1) is 0 Å². The Labute approximate surface area is 117 Å². The number of para-hydroxylation sites is 1. The van der Waals surface area contributed by atoms with Crippen LogP contribution in [0.1, 0.15) is 10.5 Å². The quantitative estimate of drug-likeness (QED) is 0.499. The van der Waals surface area contributed by atoms with Crippen LogP contribution in [0.2, 0.25) is 0 Å². The molecule has 0 unspecified atom stereocenters. The largest absolute Gasteiger partial charge is 0.323 e. The summed E-state index contributed by atoms with van der Waals surface area (Å²) in [5.74, 6) is 5.13. The van der Waals surface area contributed by atoms with Crippen LogP contribution in [0.3, 0.4) is 0 Å². The van der Waals surface area contributed by atoms with E-state index < -0.39 is 0 Å². The van der Waals surface area contributed by atoms with Crippen molar-refractivity contribution in [3.8, 4) is 0 Å². The molecule has 2 aromatic heterocycles. The molecule has 3 rings (SSSR count). The minimum absolute atomic E-state index is 0.256. The second kappa shape index (κ2) is 5.19. The highest BCUT2D eigenvalue weighted by Crippen LogP contribution is 2.22. The van der Waals surface area contributed by atoms with E-state index in [2.05, 4.69) is 25.9 Å². The number of fused-ring (bicyclic) bond motifs is 1. The number of nitrogen functional groups attached to an aromatic ring is 1. The van der Waals surface area contributed by atoms with Gasteiger partial charge >= 0.3 is 0 Å². The fourth-order valence-corrected chi connectivity index (χ4v) is 2.24. The van der Waals surface area contributed by atoms with E-state index >= 15 is 0 Å². The van der Waals surface area contributed by atoms with Gasteiger partial charge in [0.2, 0.25) is 5.13 Å². The molecule has 3 aromatic rings. The molecule has 8 heteroatoms. The normalized spacial score (nSPS) is 10.4. The highest BCUT2D eigenvalue weighted by atomic mass is 32.1. The van der Waals surface area contributed by atoms with Crippen molar-refractivity contribution in [2.24, 2.45) is 5.84 Å². The Kier molecular flexibility index (Phi) is 3.23. The number of hydrogen-bond acceptors (Lipinski definition) is 7. The van der Waals surface area contributed by atoms with Gasteiger partial charge in [-0.2, -0.15) is 0 Å². The molecule has 1 aromatic carbocycles. The van der Waals surface area contributed by atoms with Gasteiger partial charge in [0.15, 0.2) is 0 Å². The number of hydrazine groups is 1. The predicted molar refractivity (Wildman–Crippen MR) is 77.4 cm³/mol. The van der Waals surface area contributed by atoms with Gasteiger partial charge in [-0.3, -0.25) is 16.0 Å². The minimum atomic E-state index is -0.357. The lowest BCUT2D eigenvalue weighted by Crippen LogP contribution is -2.15. The predicted octanol–water partition coefficient (Wildman–Crippen LogP) is 1.62. The van der Waals surface area contributed by atoms with E-state index in [0.717, 1.165) is 5.39 Å². The van der Waals surface area contributed by atoms with Gasteiger partial charge in [0.25, 0.3) is 5.91 Å². The van der Waals surface area contributed by atoms with E-state index in [1.165, 1.54) is 16.8 Å². The van der Waals surface area contributed by atoms with Crippen LogP contribution >= 0.6 is 11.3 Å². The zero-order valence-electron chi connectivity index (χ0n) is 10.2. The molecule has 0 saturated heterocycles. The first kappa shape index (κ1) is 12.5. The first-order valence-electron chi connectivity index (χ1n) is 5.72. The highest BCUT2D eigenvalue weighted by molar-refractivity contribution is 7.13. The smallest absolute Gasteiger partial charge is 0.276 e. The van der Waals surface area contributed by atoms with Crippen LogP contribution in [0.4, 0.5) is 10.8 Å². The van der Waals surface area contributed by atoms with E-state index in [9.17, 15) is 4.79 Å². The van der Waals surface area contributed by atoms with E-state index in [1.807, 2.05) is 24.3 Å². The standard InChI is InChI=1S/C12H10N6OS/c13-17-9-5-10(11(19)16-12-18-14-6-20-12)15-8-4-2-1-3-7(8)9/h1-6H,13H2,(H,15,17)(H,16,18,19). The number of carbonyl (C=O) groups excluding carboxylic acids is 1. The highest BCUT2D eigenvalue weighted by Gasteiger charge is 2.13. The number of carbonyl (C=O) groups is 1. The second-order valence-electron chi connectivity index (χ2n) is 3.91. The molecule has 0 bridgehead atoms. The number of nitrogens with two attached hydrogens (primary N) is 1. The molecule has 0 spiro atoms. The third-order valence-corrected chi connectivity index (χ3v) is 3.29. The number of nitrogens with one attached hydrogen (secondary N) is 2. The monoisotopic (exact) mass is 286 g/mol. The molecular weight excluding hydrogens is 276 g/mol. The fourth-order valence-electron chi connectivity index (χ4n) is 1.80. The Morgan fingerprint density at radius 2 is 2.15 bits per heavy atom. The Bertz CT molecular complexity index is 758. The summed E-state index contributed by atoms with van der Waals surface area (Å²) in [6, 6.07) is 9.02. The summed E-state index contributed by atoms with van der Waals surface area (Å²) >= 11 is 1.24. The fraction of sp³-hybridized carbons (Fsp3) is 0. The summed E-state index contributed by atoms with van der Waals surface area (Å²) in [5.41, 5.74) is 5.70. The van der Waals surface area contributed by atoms with Crippen molar-refractivity contribution < 1.29 is 4.79 Å². The van der Waals surface area contributed by atoms with Crippen LogP contribution in [0.5, 0.6) is 0 Å². The number of benzene rings is 1. The number of nitrogens with zero attached hydrogens (tertiary/aromatic N) is 3. The first-order chi connectivity index (χ1) is 9.78. The molecule has 0 fully saturated rings. The molecule has 4 N–H and O–H groups in total. The SMILES string of the molecule is NNc1cc(C(=O)Nc2nncs2)nc2ccccc12. The second-order valence-corrected chi connectivity index (χ2v) is 4.75. The summed E-state index contributed by atoms with van der Waals surface area (Å²) in [6.45, 7) is 0. The van der Waals surface area contributed by atoms with Crippen molar-refractivity contribution in [2.45, 2.75) is 0 Å². The summed E-state index contributed by atoms with van der Waals surface area (Å²) in [7, 11) is 0. The van der Waals surface area contributed by atoms with Crippen molar-refractivity contribution >= 4 is 39.0 Å². The molecule has 0 aliphatic carbocycles. The van der Waals surface area contributed by atoms with Gasteiger partial charge in [-0.25, -0.2) is 4.98 Å². The Morgan fingerprint density at radius 1 is 1.30 bits per heavy atom. The van der Waals surface area contributed by atoms with Gasteiger partial charge in [0, 0.05) is 5.39 Å². The van der Waals surface area contributed by atoms with Crippen molar-refractivity contribution in [3.63, 3.8) is 0 Å². The van der Waals surface area contributed by atoms with E-state index in [-0.39, 0.29) is 11.6 Å². The van der Waals surface area contributed by atoms with Crippen LogP contribution in [0.25, 0.3) is 10.9 Å². The van der Waals surface area contributed by atoms with Crippen LogP contribution in [-0.2, 0) is 0 Å². The maximum Gasteiger partial charge on any atom is 0.276 e. The zero-order valence-corrected chi connectivity index (χ0v) is 11.0. The third kappa shape index (κ3) is 2.29. The Morgan fingerprint density at radius 3 is 2.90 bits per heavy atom. The average Bonchev–Trinajstić information content (AvgIpc) is 2.99. The molecule has 20 heavy (non-hydrogen) atoms. The summed E-state index contributed by atoms with van der Waals surface area (Å²) in [6.07, 6.45) is 0. The van der Waals surface area contributed by atoms with Gasteiger partial charge in [-0.05, 0) is 12.1 Å². The molecule has 0 aliphatic heterocycles. The van der Waals surface area contributed by atoms with Gasteiger partial charge < -0.3 is 5.43 Å². The lowest BCUT2D eigenvalue weighted by atomic mass is 10.1. The molecule has 0 saturated carbocycles. The topological polar surface area (TPSA) is 106 Å². The molecular formula is C12H10N6OS. The van der Waals surface area contributed by atoms with Crippen molar-refractivity contribution in [2.75, 3.05) is 10.7 Å². The molecule has 0 aliphatic rings. The van der Waals surface area contributed by atoms with Crippen molar-refractivity contribution in [3.05, 3.63) is 41.5 Å². The maximum absolute atomic E-state index is 12.1. The molecule has 0 radical (unpaired) electrons. The first-order valence-corrected chi connectivity index (χ1v) is 6.60. The van der Waals surface area contributed by atoms with E-state index in [0.29, 0.717) is 16.3 Å². The average molecular weight is 286 g/mol. The van der Waals surface area contributed by atoms with Crippen molar-refractivity contribution in [1.82, 2.24) is 15.2 Å². The van der Waals surface area contributed by atoms with Gasteiger partial charge in [0.05, 0.1) is 11.2 Å². The molecule has 2 heterocycles. The van der Waals surface area contributed by atoms with E-state index in [1.54, 1.807) is 6.07 Å². The molecule has 100 valence electrons. The number of anilines is 2. The van der Waals surface area contributed by atoms with Crippen LogP contribution in [0.15, 0.2) is 35.8 Å². The molecule has 7 nitrogen and oxygen atoms in total. The number of pyridine rings is 1. The lowest BCUT2D eigenvalue weighted by Gasteiger charge is -2.08. The van der Waals surface area contributed by atoms with Crippen LogP contribution < -0.4 is 16.6 Å². The van der Waals surface area contributed by atoms with Gasteiger partial charge in [-0.1, -0.05) is 29.5 Å². The molecule has 0 atom stereocenters. The summed E-state index contributed by atoms with van der Waals surface area (Å²) < 4.78 is 0. The number of rotatable bonds is 3. The Hall–Kier alpha value is -2.58. The minimum Gasteiger partial charge on any atom is -0.323 e. The Balaban J connectivity index is 2.01. The summed E-state index contributed by atoms with van der Waals surface area (Å²) in [5, 5.41) is 11.3. The lowest BCUT2D eigenvalue weighted by molar-refractivity contribution is 0.102. The van der Waals surface area contributed by atoms with Crippen molar-refractivity contribution in [1.29, 1.82) is 0 Å². The number of amides is 1. The number of aromatic nitrogens is 3. The third-order valence-electron chi connectivity index (χ3n) is 2.68. The number of hydrogen-bond donors (Lipinski definition) is 3. The van der Waals surface area contributed by atoms with Gasteiger partial charge in [-0.15, -0.1) is 10.2 Å². The van der Waals surface area contributed by atoms with E-state index in [4.69, 9.17) is 5.84 Å². The zero-order chi connectivity index (χ0) is 13.9. The summed E-state index contributed by atoms with van der Waals surface area (Å²) in [4.78, 5) is 16.4. The maximum atomic E-state index is 12.1. The van der Waals surface area contributed by atoms with Crippen LogP contribution in [-0.4, -0.2) is 21.1 Å².